The van der Waals surface area contributed by atoms with Gasteiger partial charge in [-0.2, -0.15) is 0 Å². The molecule has 0 radical (unpaired) electrons. The van der Waals surface area contributed by atoms with Gasteiger partial charge in [0.2, 0.25) is 0 Å². The summed E-state index contributed by atoms with van der Waals surface area (Å²) in [5.41, 5.74) is 8.98. The van der Waals surface area contributed by atoms with E-state index < -0.39 is 0 Å². The number of halogens is 1. The van der Waals surface area contributed by atoms with Gasteiger partial charge >= 0.3 is 0 Å². The molecule has 2 heterocycles. The van der Waals surface area contributed by atoms with Gasteiger partial charge < -0.3 is 10.6 Å². The molecule has 3 heteroatoms. The van der Waals surface area contributed by atoms with E-state index >= 15 is 0 Å². The highest BCUT2D eigenvalue weighted by molar-refractivity contribution is 9.10. The Morgan fingerprint density at radius 2 is 2.19 bits per heavy atom. The van der Waals surface area contributed by atoms with E-state index in [1.54, 1.807) is 0 Å². The lowest BCUT2D eigenvalue weighted by Gasteiger charge is -2.44. The molecule has 3 rings (SSSR count). The Morgan fingerprint density at radius 3 is 3.06 bits per heavy atom. The average molecular weight is 281 g/mol. The molecule has 2 aliphatic rings. The van der Waals surface area contributed by atoms with Crippen LogP contribution in [0.15, 0.2) is 22.7 Å². The summed E-state index contributed by atoms with van der Waals surface area (Å²) < 4.78 is 1.18. The number of anilines is 1. The number of hydrogen-bond acceptors (Lipinski definition) is 2. The summed E-state index contributed by atoms with van der Waals surface area (Å²) in [5, 5.41) is 0. The molecule has 16 heavy (non-hydrogen) atoms. The smallest absolute Gasteiger partial charge is 0.0412 e. The maximum Gasteiger partial charge on any atom is 0.0412 e. The zero-order valence-corrected chi connectivity index (χ0v) is 10.9. The van der Waals surface area contributed by atoms with Crippen molar-refractivity contribution < 1.29 is 0 Å². The topological polar surface area (TPSA) is 29.3 Å². The minimum Gasteiger partial charge on any atom is -0.368 e. The van der Waals surface area contributed by atoms with Crippen LogP contribution >= 0.6 is 15.9 Å². The van der Waals surface area contributed by atoms with Crippen LogP contribution in [0.3, 0.4) is 0 Å². The Labute approximate surface area is 105 Å². The van der Waals surface area contributed by atoms with E-state index in [9.17, 15) is 0 Å². The highest BCUT2D eigenvalue weighted by atomic mass is 79.9. The first kappa shape index (κ1) is 10.6. The van der Waals surface area contributed by atoms with Gasteiger partial charge in [-0.05, 0) is 43.4 Å². The molecule has 0 bridgehead atoms. The molecule has 1 fully saturated rings. The van der Waals surface area contributed by atoms with Crippen LogP contribution in [-0.2, 0) is 6.42 Å². The Hall–Kier alpha value is -0.540. The predicted octanol–water partition coefficient (Wildman–Crippen LogP) is 2.69. The van der Waals surface area contributed by atoms with Crippen LogP contribution in [0.2, 0.25) is 0 Å². The minimum absolute atomic E-state index is 0.412. The maximum atomic E-state index is 6.06. The molecule has 0 spiro atoms. The SMILES string of the molecule is NC1CCN2c3cc(Br)ccc3CCC2C1. The number of benzene rings is 1. The van der Waals surface area contributed by atoms with E-state index in [0.29, 0.717) is 12.1 Å². The summed E-state index contributed by atoms with van der Waals surface area (Å²) in [7, 11) is 0. The van der Waals surface area contributed by atoms with Gasteiger partial charge in [-0.3, -0.25) is 0 Å². The second kappa shape index (κ2) is 4.04. The van der Waals surface area contributed by atoms with Gasteiger partial charge in [0, 0.05) is 28.8 Å². The fourth-order valence-electron chi connectivity index (χ4n) is 3.01. The zero-order valence-electron chi connectivity index (χ0n) is 9.32. The largest absolute Gasteiger partial charge is 0.368 e. The van der Waals surface area contributed by atoms with E-state index in [1.165, 1.54) is 28.6 Å². The fourth-order valence-corrected chi connectivity index (χ4v) is 3.36. The molecule has 2 unspecified atom stereocenters. The fraction of sp³-hybridized carbons (Fsp3) is 0.538. The van der Waals surface area contributed by atoms with Gasteiger partial charge in [-0.25, -0.2) is 0 Å². The summed E-state index contributed by atoms with van der Waals surface area (Å²) in [5.74, 6) is 0. The van der Waals surface area contributed by atoms with Crippen LogP contribution in [0, 0.1) is 0 Å². The van der Waals surface area contributed by atoms with Crippen molar-refractivity contribution in [2.75, 3.05) is 11.4 Å². The lowest BCUT2D eigenvalue weighted by Crippen LogP contribution is -2.49. The van der Waals surface area contributed by atoms with Gasteiger partial charge in [-0.15, -0.1) is 0 Å². The Bertz CT molecular complexity index is 405. The van der Waals surface area contributed by atoms with E-state index in [0.717, 1.165) is 19.4 Å². The van der Waals surface area contributed by atoms with Gasteiger partial charge in [0.05, 0.1) is 0 Å². The Balaban J connectivity index is 1.96. The average Bonchev–Trinajstić information content (AvgIpc) is 2.28. The van der Waals surface area contributed by atoms with Crippen molar-refractivity contribution in [3.8, 4) is 0 Å². The zero-order chi connectivity index (χ0) is 11.1. The molecule has 2 nitrogen and oxygen atoms in total. The molecule has 0 amide bonds. The van der Waals surface area contributed by atoms with Gasteiger partial charge in [0.1, 0.15) is 0 Å². The van der Waals surface area contributed by atoms with Gasteiger partial charge in [0.15, 0.2) is 0 Å². The number of nitrogens with two attached hydrogens (primary N) is 1. The van der Waals surface area contributed by atoms with Crippen LogP contribution in [0.4, 0.5) is 5.69 Å². The number of aryl methyl sites for hydroxylation is 1. The van der Waals surface area contributed by atoms with E-state index in [4.69, 9.17) is 5.73 Å². The number of nitrogens with zero attached hydrogens (tertiary/aromatic N) is 1. The van der Waals surface area contributed by atoms with Crippen LogP contribution in [0.1, 0.15) is 24.8 Å². The summed E-state index contributed by atoms with van der Waals surface area (Å²) in [6, 6.07) is 7.75. The van der Waals surface area contributed by atoms with Crippen molar-refractivity contribution in [3.05, 3.63) is 28.2 Å². The summed E-state index contributed by atoms with van der Waals surface area (Å²) in [4.78, 5) is 2.56. The highest BCUT2D eigenvalue weighted by Gasteiger charge is 2.31. The summed E-state index contributed by atoms with van der Waals surface area (Å²) in [6.07, 6.45) is 4.76. The molecule has 2 N–H and O–H groups in total. The molecule has 1 aromatic rings. The third kappa shape index (κ3) is 1.76. The van der Waals surface area contributed by atoms with E-state index in [2.05, 4.69) is 39.0 Å². The number of rotatable bonds is 0. The highest BCUT2D eigenvalue weighted by Crippen LogP contribution is 2.36. The second-order valence-electron chi connectivity index (χ2n) is 4.94. The molecule has 1 aromatic carbocycles. The molecule has 0 aromatic heterocycles. The number of fused-ring (bicyclic) bond motifs is 3. The normalized spacial score (nSPS) is 28.5. The van der Waals surface area contributed by atoms with E-state index in [1.807, 2.05) is 0 Å². The second-order valence-corrected chi connectivity index (χ2v) is 5.86. The quantitative estimate of drug-likeness (QED) is 0.792. The van der Waals surface area contributed by atoms with Crippen LogP contribution < -0.4 is 10.6 Å². The molecular formula is C13H17BrN2. The standard InChI is InChI=1S/C13H17BrN2/c14-10-3-1-9-2-4-12-8-11(15)5-6-16(12)13(9)7-10/h1,3,7,11-12H,2,4-6,8,15H2. The molecule has 2 aliphatic heterocycles. The van der Waals surface area contributed by atoms with E-state index in [-0.39, 0.29) is 0 Å². The molecule has 1 saturated heterocycles. The first-order valence-corrected chi connectivity index (χ1v) is 6.84. The van der Waals surface area contributed by atoms with Crippen LogP contribution in [0.25, 0.3) is 0 Å². The van der Waals surface area contributed by atoms with Crippen molar-refractivity contribution in [1.82, 2.24) is 0 Å². The van der Waals surface area contributed by atoms with Crippen LogP contribution in [0.5, 0.6) is 0 Å². The van der Waals surface area contributed by atoms with Crippen molar-refractivity contribution in [3.63, 3.8) is 0 Å². The molecule has 0 aliphatic carbocycles. The lowest BCUT2D eigenvalue weighted by atomic mass is 9.88. The third-order valence-electron chi connectivity index (χ3n) is 3.86. The van der Waals surface area contributed by atoms with Gasteiger partial charge in [-0.1, -0.05) is 22.0 Å². The van der Waals surface area contributed by atoms with Crippen molar-refractivity contribution in [2.45, 2.75) is 37.8 Å². The minimum atomic E-state index is 0.412. The summed E-state index contributed by atoms with van der Waals surface area (Å²) >= 11 is 3.57. The Morgan fingerprint density at radius 1 is 1.31 bits per heavy atom. The molecular weight excluding hydrogens is 264 g/mol. The van der Waals surface area contributed by atoms with Crippen molar-refractivity contribution >= 4 is 21.6 Å². The predicted molar refractivity (Wildman–Crippen MR) is 70.8 cm³/mol. The maximum absolute atomic E-state index is 6.06. The van der Waals surface area contributed by atoms with Crippen molar-refractivity contribution in [2.24, 2.45) is 5.73 Å². The lowest BCUT2D eigenvalue weighted by molar-refractivity contribution is 0.384. The first-order chi connectivity index (χ1) is 7.74. The van der Waals surface area contributed by atoms with Crippen molar-refractivity contribution in [1.29, 1.82) is 0 Å². The van der Waals surface area contributed by atoms with Gasteiger partial charge in [0.25, 0.3) is 0 Å². The molecule has 2 atom stereocenters. The summed E-state index contributed by atoms with van der Waals surface area (Å²) in [6.45, 7) is 1.12. The van der Waals surface area contributed by atoms with Crippen LogP contribution in [-0.4, -0.2) is 18.6 Å². The third-order valence-corrected chi connectivity index (χ3v) is 4.35. The monoisotopic (exact) mass is 280 g/mol. The first-order valence-electron chi connectivity index (χ1n) is 6.04. The number of piperidine rings is 1. The molecule has 86 valence electrons. The molecule has 0 saturated carbocycles. The number of hydrogen-bond donors (Lipinski definition) is 1. The Kier molecular flexibility index (Phi) is 2.68.